The number of nitrogens with one attached hydrogen (secondary N) is 1. The van der Waals surface area contributed by atoms with Gasteiger partial charge in [0, 0.05) is 5.56 Å². The molecule has 0 aliphatic heterocycles. The van der Waals surface area contributed by atoms with Crippen LogP contribution in [-0.2, 0) is 4.74 Å². The minimum atomic E-state index is -0.553. The Morgan fingerprint density at radius 3 is 2.67 bits per heavy atom. The van der Waals surface area contributed by atoms with Crippen molar-refractivity contribution in [3.63, 3.8) is 0 Å². The van der Waals surface area contributed by atoms with Crippen LogP contribution >= 0.6 is 34.8 Å². The molecular weight excluding hydrogens is 371 g/mol. The van der Waals surface area contributed by atoms with Crippen LogP contribution in [0.25, 0.3) is 22.4 Å². The van der Waals surface area contributed by atoms with Gasteiger partial charge in [-0.25, -0.2) is 9.78 Å². The molecule has 1 aromatic heterocycles. The van der Waals surface area contributed by atoms with Crippen molar-refractivity contribution < 1.29 is 9.53 Å². The van der Waals surface area contributed by atoms with E-state index < -0.39 is 5.97 Å². The molecule has 0 unspecified atom stereocenters. The molecular formula is C17H9Cl3N2O2. The summed E-state index contributed by atoms with van der Waals surface area (Å²) in [5.74, 6) is 2.24. The molecule has 24 heavy (non-hydrogen) atoms. The summed E-state index contributed by atoms with van der Waals surface area (Å²) in [5.41, 5.74) is 2.16. The largest absolute Gasteiger partial charge is 0.449 e. The number of imidazole rings is 1. The maximum absolute atomic E-state index is 11.9. The quantitative estimate of drug-likeness (QED) is 0.516. The Hall–Kier alpha value is -2.19. The summed E-state index contributed by atoms with van der Waals surface area (Å²) >= 11 is 18.2. The average molecular weight is 380 g/mol. The Kier molecular flexibility index (Phi) is 4.68. The molecule has 3 aromatic rings. The van der Waals surface area contributed by atoms with Crippen molar-refractivity contribution in [1.82, 2.24) is 9.97 Å². The van der Waals surface area contributed by atoms with E-state index in [0.717, 1.165) is 5.56 Å². The van der Waals surface area contributed by atoms with E-state index in [1.54, 1.807) is 24.3 Å². The van der Waals surface area contributed by atoms with E-state index in [9.17, 15) is 4.79 Å². The predicted molar refractivity (Wildman–Crippen MR) is 95.7 cm³/mol. The topological polar surface area (TPSA) is 55.0 Å². The second kappa shape index (κ2) is 6.74. The van der Waals surface area contributed by atoms with E-state index in [0.29, 0.717) is 31.9 Å². The molecule has 0 bridgehead atoms. The van der Waals surface area contributed by atoms with Gasteiger partial charge in [-0.05, 0) is 30.3 Å². The van der Waals surface area contributed by atoms with Crippen LogP contribution in [0.2, 0.25) is 15.1 Å². The van der Waals surface area contributed by atoms with Crippen LogP contribution in [0.3, 0.4) is 0 Å². The second-order valence-electron chi connectivity index (χ2n) is 4.85. The van der Waals surface area contributed by atoms with Crippen molar-refractivity contribution >= 4 is 51.8 Å². The van der Waals surface area contributed by atoms with Gasteiger partial charge in [-0.15, -0.1) is 6.42 Å². The summed E-state index contributed by atoms with van der Waals surface area (Å²) in [6.45, 7) is -0.105. The zero-order valence-corrected chi connectivity index (χ0v) is 14.3. The maximum atomic E-state index is 11.9. The van der Waals surface area contributed by atoms with E-state index in [1.165, 1.54) is 6.07 Å². The number of H-pyrrole nitrogens is 1. The zero-order chi connectivity index (χ0) is 17.3. The number of carbonyl (C=O) groups excluding carboxylic acids is 1. The molecule has 0 spiro atoms. The SMILES string of the molecule is C#CCOC(=O)c1cc(Cl)c2nc(-c3ccc(Cl)c(Cl)c3)[nH]c2c1. The summed E-state index contributed by atoms with van der Waals surface area (Å²) < 4.78 is 4.90. The normalized spacial score (nSPS) is 10.6. The molecule has 4 nitrogen and oxygen atoms in total. The number of nitrogens with zero attached hydrogens (tertiary/aromatic N) is 1. The monoisotopic (exact) mass is 378 g/mol. The van der Waals surface area contributed by atoms with Crippen molar-refractivity contribution in [1.29, 1.82) is 0 Å². The number of esters is 1. The highest BCUT2D eigenvalue weighted by Crippen LogP contribution is 2.30. The van der Waals surface area contributed by atoms with Crippen LogP contribution in [0, 0.1) is 12.3 Å². The van der Waals surface area contributed by atoms with Gasteiger partial charge in [0.2, 0.25) is 0 Å². The van der Waals surface area contributed by atoms with E-state index in [1.807, 2.05) is 0 Å². The molecule has 0 aliphatic rings. The lowest BCUT2D eigenvalue weighted by Crippen LogP contribution is -2.05. The molecule has 1 heterocycles. The summed E-state index contributed by atoms with van der Waals surface area (Å²) in [5, 5.41) is 1.19. The van der Waals surface area contributed by atoms with Crippen LogP contribution in [0.4, 0.5) is 0 Å². The smallest absolute Gasteiger partial charge is 0.339 e. The number of carbonyl (C=O) groups is 1. The standard InChI is InChI=1S/C17H9Cl3N2O2/c1-2-5-24-17(23)10-7-13(20)15-14(8-10)21-16(22-15)9-3-4-11(18)12(19)6-9/h1,3-4,6-8H,5H2,(H,21,22). The van der Waals surface area contributed by atoms with E-state index in [2.05, 4.69) is 15.9 Å². The van der Waals surface area contributed by atoms with Crippen molar-refractivity contribution in [2.45, 2.75) is 0 Å². The number of benzene rings is 2. The van der Waals surface area contributed by atoms with Gasteiger partial charge in [0.25, 0.3) is 0 Å². The first kappa shape index (κ1) is 16.7. The van der Waals surface area contributed by atoms with E-state index in [4.69, 9.17) is 46.0 Å². The van der Waals surface area contributed by atoms with Crippen LogP contribution in [0.15, 0.2) is 30.3 Å². The first-order valence-electron chi connectivity index (χ1n) is 6.75. The number of aromatic nitrogens is 2. The van der Waals surface area contributed by atoms with Crippen LogP contribution in [0.1, 0.15) is 10.4 Å². The minimum Gasteiger partial charge on any atom is -0.449 e. The predicted octanol–water partition coefficient (Wildman–Crippen LogP) is 4.98. The number of rotatable bonds is 3. The Morgan fingerprint density at radius 2 is 1.96 bits per heavy atom. The third-order valence-electron chi connectivity index (χ3n) is 3.26. The number of hydrogen-bond acceptors (Lipinski definition) is 3. The molecule has 7 heteroatoms. The van der Waals surface area contributed by atoms with Gasteiger partial charge in [0.05, 0.1) is 26.1 Å². The molecule has 0 atom stereocenters. The van der Waals surface area contributed by atoms with Gasteiger partial charge in [-0.2, -0.15) is 0 Å². The fraction of sp³-hybridized carbons (Fsp3) is 0.0588. The molecule has 0 fully saturated rings. The first-order chi connectivity index (χ1) is 11.5. The van der Waals surface area contributed by atoms with Crippen molar-refractivity contribution in [3.05, 3.63) is 51.0 Å². The lowest BCUT2D eigenvalue weighted by atomic mass is 10.2. The van der Waals surface area contributed by atoms with Crippen LogP contribution in [-0.4, -0.2) is 22.5 Å². The lowest BCUT2D eigenvalue weighted by Gasteiger charge is -2.02. The van der Waals surface area contributed by atoms with Crippen molar-refractivity contribution in [2.24, 2.45) is 0 Å². The average Bonchev–Trinajstić information content (AvgIpc) is 2.99. The van der Waals surface area contributed by atoms with E-state index in [-0.39, 0.29) is 12.2 Å². The fourth-order valence-electron chi connectivity index (χ4n) is 2.16. The highest BCUT2D eigenvalue weighted by molar-refractivity contribution is 6.42. The molecule has 0 amide bonds. The van der Waals surface area contributed by atoms with Gasteiger partial charge >= 0.3 is 5.97 Å². The third kappa shape index (κ3) is 3.20. The maximum Gasteiger partial charge on any atom is 0.339 e. The highest BCUT2D eigenvalue weighted by atomic mass is 35.5. The molecule has 1 N–H and O–H groups in total. The van der Waals surface area contributed by atoms with Crippen molar-refractivity contribution in [3.8, 4) is 23.7 Å². The Labute approximate surface area is 152 Å². The van der Waals surface area contributed by atoms with E-state index >= 15 is 0 Å². The Balaban J connectivity index is 2.04. The van der Waals surface area contributed by atoms with Gasteiger partial charge in [0.15, 0.2) is 6.61 Å². The number of hydrogen-bond donors (Lipinski definition) is 1. The second-order valence-corrected chi connectivity index (χ2v) is 6.07. The lowest BCUT2D eigenvalue weighted by molar-refractivity contribution is 0.0557. The molecule has 0 aliphatic carbocycles. The minimum absolute atomic E-state index is 0.105. The van der Waals surface area contributed by atoms with Crippen molar-refractivity contribution in [2.75, 3.05) is 6.61 Å². The van der Waals surface area contributed by atoms with Gasteiger partial charge in [0.1, 0.15) is 11.3 Å². The number of ether oxygens (including phenoxy) is 1. The molecule has 0 saturated heterocycles. The van der Waals surface area contributed by atoms with Gasteiger partial charge < -0.3 is 9.72 Å². The summed E-state index contributed by atoms with van der Waals surface area (Å²) in [4.78, 5) is 19.5. The molecule has 0 saturated carbocycles. The van der Waals surface area contributed by atoms with Crippen LogP contribution < -0.4 is 0 Å². The zero-order valence-electron chi connectivity index (χ0n) is 12.1. The number of halogens is 3. The Morgan fingerprint density at radius 1 is 1.17 bits per heavy atom. The number of aromatic amines is 1. The first-order valence-corrected chi connectivity index (χ1v) is 7.88. The molecule has 120 valence electrons. The summed E-state index contributed by atoms with van der Waals surface area (Å²) in [6.07, 6.45) is 5.08. The highest BCUT2D eigenvalue weighted by Gasteiger charge is 2.15. The number of fused-ring (bicyclic) bond motifs is 1. The molecule has 2 aromatic carbocycles. The van der Waals surface area contributed by atoms with Gasteiger partial charge in [-0.3, -0.25) is 0 Å². The molecule has 3 rings (SSSR count). The van der Waals surface area contributed by atoms with Crippen LogP contribution in [0.5, 0.6) is 0 Å². The molecule has 0 radical (unpaired) electrons. The fourth-order valence-corrected chi connectivity index (χ4v) is 2.72. The Bertz CT molecular complexity index is 989. The summed E-state index contributed by atoms with van der Waals surface area (Å²) in [6, 6.07) is 8.24. The number of terminal acetylenes is 1. The third-order valence-corrected chi connectivity index (χ3v) is 4.28. The summed E-state index contributed by atoms with van der Waals surface area (Å²) in [7, 11) is 0. The van der Waals surface area contributed by atoms with Gasteiger partial charge in [-0.1, -0.05) is 40.7 Å².